The van der Waals surface area contributed by atoms with E-state index in [0.29, 0.717) is 18.0 Å². The number of anilines is 1. The topological polar surface area (TPSA) is 67.8 Å². The molecule has 26 heavy (non-hydrogen) atoms. The molecule has 1 atom stereocenters. The highest BCUT2D eigenvalue weighted by atomic mass is 16.5. The predicted octanol–water partition coefficient (Wildman–Crippen LogP) is 2.29. The highest BCUT2D eigenvalue weighted by molar-refractivity contribution is 5.78. The second kappa shape index (κ2) is 8.03. The molecule has 1 aromatic heterocycles. The summed E-state index contributed by atoms with van der Waals surface area (Å²) in [5.41, 5.74) is 0.818. The van der Waals surface area contributed by atoms with Crippen LogP contribution in [0.15, 0.2) is 36.4 Å². The van der Waals surface area contributed by atoms with Gasteiger partial charge in [0.25, 0.3) is 5.91 Å². The van der Waals surface area contributed by atoms with Gasteiger partial charge in [0.2, 0.25) is 0 Å². The highest BCUT2D eigenvalue weighted by Crippen LogP contribution is 2.31. The van der Waals surface area contributed by atoms with Crippen molar-refractivity contribution in [3.8, 4) is 11.5 Å². The number of likely N-dealkylation sites (tertiary alicyclic amines) is 1. The molecule has 0 saturated carbocycles. The van der Waals surface area contributed by atoms with Crippen molar-refractivity contribution >= 4 is 11.7 Å². The quantitative estimate of drug-likeness (QED) is 0.791. The van der Waals surface area contributed by atoms with Crippen LogP contribution in [0.1, 0.15) is 24.6 Å². The summed E-state index contributed by atoms with van der Waals surface area (Å²) < 4.78 is 10.9. The van der Waals surface area contributed by atoms with Crippen LogP contribution in [-0.2, 0) is 4.79 Å². The molecule has 1 aliphatic heterocycles. The van der Waals surface area contributed by atoms with E-state index in [1.165, 1.54) is 0 Å². The normalized spacial score (nSPS) is 16.4. The van der Waals surface area contributed by atoms with Gasteiger partial charge in [-0.25, -0.2) is 0 Å². The van der Waals surface area contributed by atoms with Crippen LogP contribution < -0.4 is 14.4 Å². The lowest BCUT2D eigenvalue weighted by atomic mass is 10.1. The zero-order chi connectivity index (χ0) is 18.5. The van der Waals surface area contributed by atoms with Gasteiger partial charge in [-0.1, -0.05) is 12.1 Å². The molecule has 2 aromatic rings. The first-order valence-corrected chi connectivity index (χ1v) is 8.66. The number of para-hydroxylation sites is 2. The second-order valence-corrected chi connectivity index (χ2v) is 6.40. The molecule has 1 unspecified atom stereocenters. The average molecular weight is 356 g/mol. The number of methoxy groups -OCH3 is 1. The van der Waals surface area contributed by atoms with Crippen molar-refractivity contribution in [2.24, 2.45) is 0 Å². The van der Waals surface area contributed by atoms with Crippen molar-refractivity contribution in [3.63, 3.8) is 0 Å². The number of carbonyl (C=O) groups excluding carboxylic acids is 1. The number of rotatable bonds is 6. The van der Waals surface area contributed by atoms with Crippen LogP contribution in [-0.4, -0.2) is 55.4 Å². The summed E-state index contributed by atoms with van der Waals surface area (Å²) in [6, 6.07) is 11.1. The van der Waals surface area contributed by atoms with Gasteiger partial charge in [-0.3, -0.25) is 4.79 Å². The van der Waals surface area contributed by atoms with Crippen molar-refractivity contribution in [3.05, 3.63) is 42.1 Å². The molecule has 2 heterocycles. The van der Waals surface area contributed by atoms with E-state index >= 15 is 0 Å². The van der Waals surface area contributed by atoms with E-state index < -0.39 is 0 Å². The van der Waals surface area contributed by atoms with Gasteiger partial charge in [-0.15, -0.1) is 5.10 Å². The summed E-state index contributed by atoms with van der Waals surface area (Å²) in [6.07, 6.45) is 1.83. The van der Waals surface area contributed by atoms with Gasteiger partial charge in [-0.2, -0.15) is 5.10 Å². The first-order valence-electron chi connectivity index (χ1n) is 8.66. The van der Waals surface area contributed by atoms with E-state index in [4.69, 9.17) is 9.47 Å². The number of carbonyl (C=O) groups is 1. The van der Waals surface area contributed by atoms with E-state index in [2.05, 4.69) is 10.2 Å². The highest BCUT2D eigenvalue weighted by Gasteiger charge is 2.31. The second-order valence-electron chi connectivity index (χ2n) is 6.40. The molecule has 1 saturated heterocycles. The molecular weight excluding hydrogens is 332 g/mol. The Kier molecular flexibility index (Phi) is 5.55. The van der Waals surface area contributed by atoms with Gasteiger partial charge in [0.15, 0.2) is 23.9 Å². The minimum Gasteiger partial charge on any atom is -0.493 e. The minimum atomic E-state index is -0.0584. The van der Waals surface area contributed by atoms with Crippen LogP contribution in [0.4, 0.5) is 5.82 Å². The Labute approximate surface area is 153 Å². The molecule has 0 N–H and O–H groups in total. The largest absolute Gasteiger partial charge is 0.493 e. The van der Waals surface area contributed by atoms with Gasteiger partial charge < -0.3 is 19.3 Å². The third kappa shape index (κ3) is 3.87. The number of nitrogens with zero attached hydrogens (tertiary/aromatic N) is 4. The number of ether oxygens (including phenoxy) is 2. The lowest BCUT2D eigenvalue weighted by molar-refractivity contribution is -0.134. The fourth-order valence-corrected chi connectivity index (χ4v) is 3.08. The van der Waals surface area contributed by atoms with Gasteiger partial charge in [0.1, 0.15) is 0 Å². The van der Waals surface area contributed by atoms with Crippen molar-refractivity contribution in [2.45, 2.75) is 18.9 Å². The van der Waals surface area contributed by atoms with E-state index in [1.54, 1.807) is 19.2 Å². The monoisotopic (exact) mass is 356 g/mol. The molecule has 7 heteroatoms. The molecule has 138 valence electrons. The van der Waals surface area contributed by atoms with Crippen LogP contribution in [0.3, 0.4) is 0 Å². The van der Waals surface area contributed by atoms with Crippen LogP contribution in [0.5, 0.6) is 11.5 Å². The smallest absolute Gasteiger partial charge is 0.261 e. The fourth-order valence-electron chi connectivity index (χ4n) is 3.08. The molecule has 1 aromatic carbocycles. The Morgan fingerprint density at radius 3 is 2.62 bits per heavy atom. The number of hydrogen-bond acceptors (Lipinski definition) is 6. The van der Waals surface area contributed by atoms with Gasteiger partial charge in [0.05, 0.1) is 18.8 Å². The third-order valence-corrected chi connectivity index (χ3v) is 4.46. The standard InChI is InChI=1S/C19H24N4O3/c1-22(2)18-11-10-14(20-21-18)15-7-6-12-23(15)19(24)13-26-17-9-5-4-8-16(17)25-3/h4-5,8-11,15H,6-7,12-13H2,1-3H3. The van der Waals surface area contributed by atoms with E-state index in [0.717, 1.165) is 24.4 Å². The maximum atomic E-state index is 12.7. The maximum Gasteiger partial charge on any atom is 0.261 e. The maximum absolute atomic E-state index is 12.7. The zero-order valence-corrected chi connectivity index (χ0v) is 15.4. The van der Waals surface area contributed by atoms with E-state index in [9.17, 15) is 4.79 Å². The zero-order valence-electron chi connectivity index (χ0n) is 15.4. The van der Waals surface area contributed by atoms with Crippen LogP contribution in [0.2, 0.25) is 0 Å². The molecule has 0 spiro atoms. The van der Waals surface area contributed by atoms with Gasteiger partial charge >= 0.3 is 0 Å². The number of amides is 1. The Hall–Kier alpha value is -2.83. The first-order chi connectivity index (χ1) is 12.6. The first kappa shape index (κ1) is 18.0. The molecule has 1 fully saturated rings. The summed E-state index contributed by atoms with van der Waals surface area (Å²) in [7, 11) is 5.42. The molecule has 3 rings (SSSR count). The molecular formula is C19H24N4O3. The molecule has 1 amide bonds. The summed E-state index contributed by atoms with van der Waals surface area (Å²) in [4.78, 5) is 16.4. The lowest BCUT2D eigenvalue weighted by Gasteiger charge is -2.24. The van der Waals surface area contributed by atoms with Crippen LogP contribution >= 0.6 is 0 Å². The third-order valence-electron chi connectivity index (χ3n) is 4.46. The summed E-state index contributed by atoms with van der Waals surface area (Å²) >= 11 is 0. The SMILES string of the molecule is COc1ccccc1OCC(=O)N1CCCC1c1ccc(N(C)C)nn1. The van der Waals surface area contributed by atoms with Gasteiger partial charge in [-0.05, 0) is 37.1 Å². The summed E-state index contributed by atoms with van der Waals surface area (Å²) in [5.74, 6) is 1.92. The number of hydrogen-bond donors (Lipinski definition) is 0. The van der Waals surface area contributed by atoms with Crippen molar-refractivity contribution in [2.75, 3.05) is 39.3 Å². The molecule has 0 aliphatic carbocycles. The Balaban J connectivity index is 1.66. The summed E-state index contributed by atoms with van der Waals surface area (Å²) in [5, 5.41) is 8.54. The molecule has 0 bridgehead atoms. The van der Waals surface area contributed by atoms with Crippen LogP contribution in [0.25, 0.3) is 0 Å². The fraction of sp³-hybridized carbons (Fsp3) is 0.421. The Bertz CT molecular complexity index is 749. The molecule has 1 aliphatic rings. The van der Waals surface area contributed by atoms with E-state index in [1.807, 2.05) is 48.2 Å². The Morgan fingerprint density at radius 1 is 1.19 bits per heavy atom. The van der Waals surface area contributed by atoms with Crippen molar-refractivity contribution in [1.82, 2.24) is 15.1 Å². The van der Waals surface area contributed by atoms with Crippen molar-refractivity contribution < 1.29 is 14.3 Å². The Morgan fingerprint density at radius 2 is 1.96 bits per heavy atom. The average Bonchev–Trinajstić information content (AvgIpc) is 3.16. The van der Waals surface area contributed by atoms with Crippen LogP contribution in [0, 0.1) is 0 Å². The summed E-state index contributed by atoms with van der Waals surface area (Å²) in [6.45, 7) is 0.677. The molecule has 0 radical (unpaired) electrons. The number of benzene rings is 1. The molecule has 7 nitrogen and oxygen atoms in total. The van der Waals surface area contributed by atoms with Crippen molar-refractivity contribution in [1.29, 1.82) is 0 Å². The van der Waals surface area contributed by atoms with Gasteiger partial charge in [0, 0.05) is 20.6 Å². The van der Waals surface area contributed by atoms with E-state index in [-0.39, 0.29) is 18.6 Å². The predicted molar refractivity (Wildman–Crippen MR) is 98.5 cm³/mol. The lowest BCUT2D eigenvalue weighted by Crippen LogP contribution is -2.35. The number of aromatic nitrogens is 2. The minimum absolute atomic E-state index is 0.0277.